The Morgan fingerprint density at radius 1 is 0.950 bits per heavy atom. The predicted octanol–water partition coefficient (Wildman–Crippen LogP) is 5.98. The van der Waals surface area contributed by atoms with Crippen LogP contribution in [0.3, 0.4) is 0 Å². The van der Waals surface area contributed by atoms with E-state index >= 15 is 0 Å². The van der Waals surface area contributed by atoms with Crippen molar-refractivity contribution in [1.82, 2.24) is 0 Å². The molecule has 0 aromatic carbocycles. The van der Waals surface area contributed by atoms with Crippen molar-refractivity contribution in [2.75, 3.05) is 0 Å². The monoisotopic (exact) mass is 272 g/mol. The van der Waals surface area contributed by atoms with Gasteiger partial charge < -0.3 is 0 Å². The first-order valence-electron chi connectivity index (χ1n) is 9.05. The van der Waals surface area contributed by atoms with E-state index < -0.39 is 0 Å². The first kappa shape index (κ1) is 13.4. The molecule has 5 fully saturated rings. The summed E-state index contributed by atoms with van der Waals surface area (Å²) in [5, 5.41) is 0. The first-order valence-corrected chi connectivity index (χ1v) is 9.05. The van der Waals surface area contributed by atoms with Gasteiger partial charge in [0.25, 0.3) is 0 Å². The van der Waals surface area contributed by atoms with Crippen LogP contribution in [0.2, 0.25) is 0 Å². The summed E-state index contributed by atoms with van der Waals surface area (Å²) in [5.74, 6) is 2.87. The molecule has 0 heteroatoms. The van der Waals surface area contributed by atoms with Crippen LogP contribution >= 0.6 is 0 Å². The Bertz CT molecular complexity index is 445. The average molecular weight is 272 g/mol. The van der Waals surface area contributed by atoms with Gasteiger partial charge in [-0.25, -0.2) is 0 Å². The van der Waals surface area contributed by atoms with E-state index in [1.54, 1.807) is 5.57 Å². The van der Waals surface area contributed by atoms with Gasteiger partial charge in [-0.3, -0.25) is 0 Å². The number of fused-ring (bicyclic) bond motifs is 3. The van der Waals surface area contributed by atoms with Gasteiger partial charge >= 0.3 is 0 Å². The van der Waals surface area contributed by atoms with E-state index in [-0.39, 0.29) is 0 Å². The Morgan fingerprint density at radius 2 is 1.70 bits per heavy atom. The molecule has 112 valence electrons. The average Bonchev–Trinajstić information content (AvgIpc) is 2.37. The summed E-state index contributed by atoms with van der Waals surface area (Å²) in [6.07, 6.45) is 13.3. The molecule has 0 radical (unpaired) electrons. The van der Waals surface area contributed by atoms with E-state index in [0.717, 1.165) is 17.8 Å². The fraction of sp³-hybridized carbons (Fsp3) is 0.900. The van der Waals surface area contributed by atoms with E-state index in [2.05, 4.69) is 27.4 Å². The van der Waals surface area contributed by atoms with Crippen molar-refractivity contribution in [3.05, 3.63) is 12.2 Å². The van der Waals surface area contributed by atoms with Gasteiger partial charge in [0.1, 0.15) is 0 Å². The van der Waals surface area contributed by atoms with Crippen molar-refractivity contribution in [3.63, 3.8) is 0 Å². The van der Waals surface area contributed by atoms with Crippen LogP contribution in [-0.4, -0.2) is 0 Å². The van der Waals surface area contributed by atoms with Gasteiger partial charge in [0, 0.05) is 0 Å². The van der Waals surface area contributed by atoms with Crippen LogP contribution in [0.4, 0.5) is 0 Å². The zero-order valence-electron chi connectivity index (χ0n) is 13.8. The highest BCUT2D eigenvalue weighted by atomic mass is 14.7. The van der Waals surface area contributed by atoms with Crippen molar-refractivity contribution >= 4 is 0 Å². The van der Waals surface area contributed by atoms with E-state index in [0.29, 0.717) is 16.2 Å². The van der Waals surface area contributed by atoms with Crippen LogP contribution < -0.4 is 0 Å². The van der Waals surface area contributed by atoms with Gasteiger partial charge in [-0.05, 0) is 85.4 Å². The van der Waals surface area contributed by atoms with Crippen molar-refractivity contribution in [3.8, 4) is 0 Å². The molecule has 0 aliphatic heterocycles. The molecule has 0 N–H and O–H groups in total. The SMILES string of the molecule is C=C1C[C@]23CC[C@H]1C[C@H]2[C@]1(C)CCCC(C)(C)[C@H]1CC3. The van der Waals surface area contributed by atoms with Crippen LogP contribution in [0.25, 0.3) is 0 Å². The largest absolute Gasteiger partial charge is 0.0996 e. The minimum Gasteiger partial charge on any atom is -0.0996 e. The third-order valence-electron chi connectivity index (χ3n) is 8.41. The predicted molar refractivity (Wildman–Crippen MR) is 85.5 cm³/mol. The van der Waals surface area contributed by atoms with Gasteiger partial charge in [-0.1, -0.05) is 39.3 Å². The zero-order valence-corrected chi connectivity index (χ0v) is 13.8. The third-order valence-corrected chi connectivity index (χ3v) is 8.41. The van der Waals surface area contributed by atoms with Crippen LogP contribution in [0, 0.1) is 34.0 Å². The topological polar surface area (TPSA) is 0 Å². The van der Waals surface area contributed by atoms with E-state index in [4.69, 9.17) is 0 Å². The molecule has 0 saturated heterocycles. The van der Waals surface area contributed by atoms with Crippen molar-refractivity contribution in [1.29, 1.82) is 0 Å². The molecule has 20 heavy (non-hydrogen) atoms. The van der Waals surface area contributed by atoms with Gasteiger partial charge in [-0.15, -0.1) is 0 Å². The lowest BCUT2D eigenvalue weighted by molar-refractivity contribution is -0.167. The van der Waals surface area contributed by atoms with Gasteiger partial charge in [0.05, 0.1) is 0 Å². The molecule has 0 heterocycles. The van der Waals surface area contributed by atoms with Crippen molar-refractivity contribution in [2.24, 2.45) is 34.0 Å². The first-order chi connectivity index (χ1) is 9.37. The van der Waals surface area contributed by atoms with Crippen molar-refractivity contribution in [2.45, 2.75) is 78.6 Å². The summed E-state index contributed by atoms with van der Waals surface area (Å²) < 4.78 is 0. The maximum atomic E-state index is 4.44. The molecule has 0 amide bonds. The highest BCUT2D eigenvalue weighted by Crippen LogP contribution is 2.71. The molecule has 0 aromatic rings. The second kappa shape index (κ2) is 3.93. The number of hydrogen-bond donors (Lipinski definition) is 0. The lowest BCUT2D eigenvalue weighted by Gasteiger charge is -2.68. The van der Waals surface area contributed by atoms with Crippen LogP contribution in [0.15, 0.2) is 12.2 Å². The van der Waals surface area contributed by atoms with Gasteiger partial charge in [0.15, 0.2) is 0 Å². The standard InChI is InChI=1S/C20H32/c1-14-13-20-10-6-15(14)12-17(20)19(4)9-5-8-18(2,3)16(19)7-11-20/h15-17H,1,5-13H2,2-4H3/t15-,16+,17-,19+,20+/m0/s1. The molecule has 0 aromatic heterocycles. The second-order valence-corrected chi connectivity index (χ2v) is 9.66. The Hall–Kier alpha value is -0.260. The van der Waals surface area contributed by atoms with E-state index in [1.165, 1.54) is 57.8 Å². The summed E-state index contributed by atoms with van der Waals surface area (Å²) >= 11 is 0. The summed E-state index contributed by atoms with van der Waals surface area (Å²) in [5.41, 5.74) is 3.51. The maximum Gasteiger partial charge on any atom is -0.0202 e. The molecular formula is C20H32. The second-order valence-electron chi connectivity index (χ2n) is 9.66. The Morgan fingerprint density at radius 3 is 2.45 bits per heavy atom. The van der Waals surface area contributed by atoms with Crippen molar-refractivity contribution < 1.29 is 0 Å². The number of hydrogen-bond acceptors (Lipinski definition) is 0. The molecule has 5 saturated carbocycles. The van der Waals surface area contributed by atoms with E-state index in [9.17, 15) is 0 Å². The molecular weight excluding hydrogens is 240 g/mol. The number of allylic oxidation sites excluding steroid dienone is 1. The Kier molecular flexibility index (Phi) is 2.63. The highest BCUT2D eigenvalue weighted by Gasteiger charge is 2.62. The smallest absolute Gasteiger partial charge is 0.0202 e. The molecule has 1 spiro atoms. The zero-order chi connectivity index (χ0) is 14.2. The number of rotatable bonds is 0. The maximum absolute atomic E-state index is 4.44. The van der Waals surface area contributed by atoms with E-state index in [1.807, 2.05) is 0 Å². The molecule has 5 rings (SSSR count). The fourth-order valence-electron chi connectivity index (χ4n) is 7.56. The molecule has 0 unspecified atom stereocenters. The third kappa shape index (κ3) is 1.54. The Balaban J connectivity index is 1.75. The minimum atomic E-state index is 0.586. The lowest BCUT2D eigenvalue weighted by atomic mass is 9.37. The molecule has 5 aliphatic carbocycles. The fourth-order valence-corrected chi connectivity index (χ4v) is 7.56. The molecule has 5 aliphatic rings. The lowest BCUT2D eigenvalue weighted by Crippen LogP contribution is -2.59. The summed E-state index contributed by atoms with van der Waals surface area (Å²) in [4.78, 5) is 0. The summed E-state index contributed by atoms with van der Waals surface area (Å²) in [6, 6.07) is 0. The Labute approximate surface area is 125 Å². The normalized spacial score (nSPS) is 53.4. The summed E-state index contributed by atoms with van der Waals surface area (Å²) in [6.45, 7) is 12.3. The van der Waals surface area contributed by atoms with Crippen LogP contribution in [-0.2, 0) is 0 Å². The highest BCUT2D eigenvalue weighted by molar-refractivity contribution is 5.21. The van der Waals surface area contributed by atoms with Crippen LogP contribution in [0.1, 0.15) is 78.6 Å². The molecule has 2 bridgehead atoms. The molecule has 0 nitrogen and oxygen atoms in total. The quantitative estimate of drug-likeness (QED) is 0.476. The van der Waals surface area contributed by atoms with Crippen LogP contribution in [0.5, 0.6) is 0 Å². The van der Waals surface area contributed by atoms with Gasteiger partial charge in [-0.2, -0.15) is 0 Å². The molecule has 5 atom stereocenters. The minimum absolute atomic E-state index is 0.586. The summed E-state index contributed by atoms with van der Waals surface area (Å²) in [7, 11) is 0. The van der Waals surface area contributed by atoms with Gasteiger partial charge in [0.2, 0.25) is 0 Å².